The molecule has 0 spiro atoms. The van der Waals surface area contributed by atoms with Gasteiger partial charge in [-0.2, -0.15) is 0 Å². The SMILES string of the molecule is O=S([O-])O.c1cc2cc(c1)C2. The van der Waals surface area contributed by atoms with Crippen molar-refractivity contribution in [2.24, 2.45) is 0 Å². The monoisotopic (exact) mass is 171 g/mol. The first-order valence-corrected chi connectivity index (χ1v) is 4.08. The van der Waals surface area contributed by atoms with Gasteiger partial charge in [0.05, 0.1) is 11.4 Å². The maximum Gasteiger partial charge on any atom is 0.0814 e. The highest BCUT2D eigenvalue weighted by Gasteiger charge is 2.04. The van der Waals surface area contributed by atoms with Crippen molar-refractivity contribution in [2.45, 2.75) is 6.42 Å². The first-order chi connectivity index (χ1) is 5.18. The van der Waals surface area contributed by atoms with E-state index < -0.39 is 11.4 Å². The van der Waals surface area contributed by atoms with Gasteiger partial charge in [0.15, 0.2) is 0 Å². The summed E-state index contributed by atoms with van der Waals surface area (Å²) in [5.41, 5.74) is 2.97. The fourth-order valence-electron chi connectivity index (χ4n) is 0.954. The predicted octanol–water partition coefficient (Wildman–Crippen LogP) is 0.929. The van der Waals surface area contributed by atoms with Gasteiger partial charge in [-0.15, -0.1) is 0 Å². The minimum absolute atomic E-state index is 1.22. The van der Waals surface area contributed by atoms with Crippen LogP contribution in [0, 0.1) is 0 Å². The molecule has 0 aromatic heterocycles. The summed E-state index contributed by atoms with van der Waals surface area (Å²) < 4.78 is 24.1. The lowest BCUT2D eigenvalue weighted by Crippen LogP contribution is -1.97. The van der Waals surface area contributed by atoms with Crippen LogP contribution in [0.5, 0.6) is 0 Å². The number of rotatable bonds is 0. The molecule has 0 saturated heterocycles. The number of hydrogen-bond acceptors (Lipinski definition) is 2. The molecule has 2 bridgehead atoms. The second-order valence-corrected chi connectivity index (χ2v) is 2.65. The van der Waals surface area contributed by atoms with Gasteiger partial charge in [0, 0.05) is 0 Å². The molecular formula is C7H7O3S-. The molecule has 0 amide bonds. The van der Waals surface area contributed by atoms with Gasteiger partial charge in [-0.25, -0.2) is 4.21 Å². The van der Waals surface area contributed by atoms with Crippen LogP contribution in [-0.4, -0.2) is 13.3 Å². The van der Waals surface area contributed by atoms with Gasteiger partial charge in [-0.1, -0.05) is 24.3 Å². The van der Waals surface area contributed by atoms with Crippen molar-refractivity contribution < 1.29 is 13.3 Å². The van der Waals surface area contributed by atoms with Gasteiger partial charge < -0.3 is 9.11 Å². The van der Waals surface area contributed by atoms with Crippen LogP contribution in [0.1, 0.15) is 11.1 Å². The van der Waals surface area contributed by atoms with Gasteiger partial charge in [-0.05, 0) is 17.5 Å². The molecule has 1 N–H and O–H groups in total. The van der Waals surface area contributed by atoms with Crippen LogP contribution >= 0.6 is 0 Å². The summed E-state index contributed by atoms with van der Waals surface area (Å²) in [6.45, 7) is 0. The third-order valence-corrected chi connectivity index (χ3v) is 1.40. The molecule has 1 aromatic carbocycles. The van der Waals surface area contributed by atoms with Gasteiger partial charge in [0.25, 0.3) is 0 Å². The molecular weight excluding hydrogens is 164 g/mol. The third kappa shape index (κ3) is 2.80. The zero-order chi connectivity index (χ0) is 8.27. The lowest BCUT2D eigenvalue weighted by Gasteiger charge is -2.11. The quantitative estimate of drug-likeness (QED) is 0.600. The van der Waals surface area contributed by atoms with Crippen LogP contribution in [-0.2, 0) is 17.8 Å². The number of hydrogen-bond donors (Lipinski definition) is 1. The van der Waals surface area contributed by atoms with E-state index in [9.17, 15) is 0 Å². The Kier molecular flexibility index (Phi) is 2.76. The van der Waals surface area contributed by atoms with Crippen LogP contribution in [0.3, 0.4) is 0 Å². The van der Waals surface area contributed by atoms with E-state index in [4.69, 9.17) is 13.3 Å². The smallest absolute Gasteiger partial charge is 0.0814 e. The summed E-state index contributed by atoms with van der Waals surface area (Å²) in [4.78, 5) is 0. The number of fused-ring (bicyclic) bond motifs is 2. The maximum absolute atomic E-state index is 8.56. The molecule has 0 fully saturated rings. The highest BCUT2D eigenvalue weighted by Crippen LogP contribution is 2.18. The summed E-state index contributed by atoms with van der Waals surface area (Å²) >= 11 is -2.86. The van der Waals surface area contributed by atoms with Crippen LogP contribution < -0.4 is 0 Å². The Hall–Kier alpha value is -0.710. The van der Waals surface area contributed by atoms with E-state index in [1.165, 1.54) is 17.5 Å². The molecule has 1 aromatic rings. The second kappa shape index (κ2) is 3.61. The molecule has 60 valence electrons. The first kappa shape index (κ1) is 8.39. The molecule has 3 nitrogen and oxygen atoms in total. The van der Waals surface area contributed by atoms with Crippen LogP contribution in [0.15, 0.2) is 24.3 Å². The minimum Gasteiger partial charge on any atom is -0.750 e. The summed E-state index contributed by atoms with van der Waals surface area (Å²) in [5, 5.41) is 0. The van der Waals surface area contributed by atoms with E-state index in [1.54, 1.807) is 0 Å². The van der Waals surface area contributed by atoms with Gasteiger partial charge >= 0.3 is 0 Å². The Bertz CT molecular complexity index is 243. The Labute approximate surface area is 67.2 Å². The van der Waals surface area contributed by atoms with Crippen LogP contribution in [0.2, 0.25) is 0 Å². The molecule has 3 rings (SSSR count). The zero-order valence-electron chi connectivity index (χ0n) is 5.69. The van der Waals surface area contributed by atoms with Crippen LogP contribution in [0.4, 0.5) is 0 Å². The first-order valence-electron chi connectivity index (χ1n) is 3.04. The van der Waals surface area contributed by atoms with Gasteiger partial charge in [0.1, 0.15) is 0 Å². The van der Waals surface area contributed by atoms with Crippen molar-refractivity contribution in [3.05, 3.63) is 35.4 Å². The average molecular weight is 171 g/mol. The van der Waals surface area contributed by atoms with E-state index >= 15 is 0 Å². The van der Waals surface area contributed by atoms with Crippen LogP contribution in [0.25, 0.3) is 0 Å². The normalized spacial score (nSPS) is 14.0. The molecule has 4 heteroatoms. The Balaban J connectivity index is 0.000000134. The highest BCUT2D eigenvalue weighted by molar-refractivity contribution is 7.73. The van der Waals surface area contributed by atoms with E-state index in [1.807, 2.05) is 0 Å². The average Bonchev–Trinajstić information content (AvgIpc) is 1.86. The molecule has 0 radical (unpaired) electrons. The zero-order valence-corrected chi connectivity index (χ0v) is 6.50. The second-order valence-electron chi connectivity index (χ2n) is 2.21. The summed E-state index contributed by atoms with van der Waals surface area (Å²) in [6.07, 6.45) is 1.22. The van der Waals surface area contributed by atoms with E-state index in [-0.39, 0.29) is 0 Å². The topological polar surface area (TPSA) is 60.4 Å². The maximum atomic E-state index is 8.56. The number of benzene rings is 1. The summed E-state index contributed by atoms with van der Waals surface area (Å²) in [7, 11) is 0. The van der Waals surface area contributed by atoms with Gasteiger partial charge in [-0.3, -0.25) is 0 Å². The molecule has 1 atom stereocenters. The fourth-order valence-corrected chi connectivity index (χ4v) is 0.954. The molecule has 1 unspecified atom stereocenters. The highest BCUT2D eigenvalue weighted by atomic mass is 32.2. The molecule has 2 aliphatic rings. The molecule has 0 heterocycles. The van der Waals surface area contributed by atoms with Gasteiger partial charge in [0.2, 0.25) is 0 Å². The molecule has 0 saturated carbocycles. The fraction of sp³-hybridized carbons (Fsp3) is 0.143. The van der Waals surface area contributed by atoms with E-state index in [0.717, 1.165) is 0 Å². The Morgan fingerprint density at radius 2 is 1.82 bits per heavy atom. The lowest BCUT2D eigenvalue weighted by atomic mass is 9.94. The summed E-state index contributed by atoms with van der Waals surface area (Å²) in [6, 6.07) is 8.65. The van der Waals surface area contributed by atoms with Crippen molar-refractivity contribution in [1.82, 2.24) is 0 Å². The Morgan fingerprint density at radius 3 is 1.91 bits per heavy atom. The predicted molar refractivity (Wildman–Crippen MR) is 40.8 cm³/mol. The Morgan fingerprint density at radius 1 is 1.45 bits per heavy atom. The van der Waals surface area contributed by atoms with Crippen molar-refractivity contribution in [2.75, 3.05) is 0 Å². The van der Waals surface area contributed by atoms with Crippen molar-refractivity contribution in [3.8, 4) is 0 Å². The van der Waals surface area contributed by atoms with Crippen molar-refractivity contribution >= 4 is 11.4 Å². The lowest BCUT2D eigenvalue weighted by molar-refractivity contribution is 0.436. The summed E-state index contributed by atoms with van der Waals surface area (Å²) in [5.74, 6) is 0. The standard InChI is InChI=1S/C7H6.H2O3S/c1-2-6-4-7(3-1)5-6;1-4(2)3/h1-4H,5H2;(H2,1,2,3)/p-1. The molecule has 2 aliphatic carbocycles. The van der Waals surface area contributed by atoms with E-state index in [0.29, 0.717) is 0 Å². The third-order valence-electron chi connectivity index (χ3n) is 1.40. The largest absolute Gasteiger partial charge is 0.750 e. The van der Waals surface area contributed by atoms with E-state index in [2.05, 4.69) is 24.3 Å². The molecule has 0 aliphatic heterocycles. The van der Waals surface area contributed by atoms with Crippen molar-refractivity contribution in [3.63, 3.8) is 0 Å². The molecule has 11 heavy (non-hydrogen) atoms. The van der Waals surface area contributed by atoms with Crippen molar-refractivity contribution in [1.29, 1.82) is 0 Å². The minimum atomic E-state index is -2.86.